The van der Waals surface area contributed by atoms with Gasteiger partial charge in [-0.3, -0.25) is 9.69 Å². The summed E-state index contributed by atoms with van der Waals surface area (Å²) in [6.07, 6.45) is -0.861. The summed E-state index contributed by atoms with van der Waals surface area (Å²) in [4.78, 5) is 45.3. The number of aliphatic hydroxyl groups is 1. The highest BCUT2D eigenvalue weighted by Gasteiger charge is 2.45. The van der Waals surface area contributed by atoms with E-state index in [1.807, 2.05) is 6.07 Å². The van der Waals surface area contributed by atoms with Gasteiger partial charge in [0.15, 0.2) is 5.60 Å². The van der Waals surface area contributed by atoms with Gasteiger partial charge in [0.1, 0.15) is 12.4 Å². The van der Waals surface area contributed by atoms with Gasteiger partial charge in [-0.05, 0) is 30.7 Å². The summed E-state index contributed by atoms with van der Waals surface area (Å²) in [6.45, 7) is 4.07. The molecular weight excluding hydrogens is 480 g/mol. The van der Waals surface area contributed by atoms with Crippen molar-refractivity contribution < 1.29 is 29.6 Å². The van der Waals surface area contributed by atoms with Crippen LogP contribution in [0.3, 0.4) is 0 Å². The van der Waals surface area contributed by atoms with Crippen LogP contribution in [0.25, 0.3) is 22.3 Å². The van der Waals surface area contributed by atoms with Crippen LogP contribution in [0.4, 0.5) is 4.79 Å². The second-order valence-corrected chi connectivity index (χ2v) is 9.77. The number of rotatable bonds is 3. The number of phenols is 1. The third-order valence-corrected chi connectivity index (χ3v) is 7.80. The van der Waals surface area contributed by atoms with Gasteiger partial charge in [-0.2, -0.15) is 0 Å². The molecule has 1 aromatic carbocycles. The fraction of sp³-hybridized carbons (Fsp3) is 0.385. The van der Waals surface area contributed by atoms with Gasteiger partial charge in [-0.15, -0.1) is 0 Å². The van der Waals surface area contributed by atoms with E-state index >= 15 is 0 Å². The number of phenolic OH excluding ortho intramolecular Hbond substituents is 1. The van der Waals surface area contributed by atoms with Crippen LogP contribution in [0, 0.1) is 0 Å². The summed E-state index contributed by atoms with van der Waals surface area (Å²) in [7, 11) is 0. The molecule has 0 bridgehead atoms. The second-order valence-electron chi connectivity index (χ2n) is 9.77. The fourth-order valence-electron chi connectivity index (χ4n) is 5.59. The first-order chi connectivity index (χ1) is 17.7. The Morgan fingerprint density at radius 2 is 1.92 bits per heavy atom. The Morgan fingerprint density at radius 3 is 2.62 bits per heavy atom. The number of aromatic nitrogens is 2. The summed E-state index contributed by atoms with van der Waals surface area (Å²) >= 11 is 0. The molecule has 6 rings (SSSR count). The molecule has 1 atom stereocenters. The lowest BCUT2D eigenvalue weighted by molar-refractivity contribution is -0.172. The highest BCUT2D eigenvalue weighted by Crippen LogP contribution is 2.39. The maximum Gasteiger partial charge on any atom is 0.407 e. The maximum absolute atomic E-state index is 13.4. The van der Waals surface area contributed by atoms with E-state index in [1.165, 1.54) is 4.90 Å². The van der Waals surface area contributed by atoms with E-state index in [2.05, 4.69) is 4.90 Å². The van der Waals surface area contributed by atoms with Gasteiger partial charge in [0.2, 0.25) is 0 Å². The van der Waals surface area contributed by atoms with E-state index in [0.717, 1.165) is 10.9 Å². The Morgan fingerprint density at radius 1 is 1.16 bits per heavy atom. The number of carboxylic acid groups (broad SMARTS) is 1. The van der Waals surface area contributed by atoms with Crippen molar-refractivity contribution in [1.82, 2.24) is 19.4 Å². The zero-order valence-electron chi connectivity index (χ0n) is 20.2. The molecular formula is C26H26N4O7. The van der Waals surface area contributed by atoms with Crippen molar-refractivity contribution in [2.45, 2.75) is 38.6 Å². The van der Waals surface area contributed by atoms with Gasteiger partial charge in [0, 0.05) is 54.8 Å². The Balaban J connectivity index is 1.41. The van der Waals surface area contributed by atoms with Crippen LogP contribution in [-0.2, 0) is 34.8 Å². The number of aromatic hydroxyl groups is 1. The van der Waals surface area contributed by atoms with E-state index in [0.29, 0.717) is 55.2 Å². The molecule has 3 aliphatic heterocycles. The summed E-state index contributed by atoms with van der Waals surface area (Å²) in [5, 5.41) is 31.7. The first-order valence-electron chi connectivity index (χ1n) is 12.2. The van der Waals surface area contributed by atoms with Gasteiger partial charge in [0.25, 0.3) is 5.56 Å². The molecule has 0 saturated carbocycles. The number of cyclic esters (lactones) is 1. The lowest BCUT2D eigenvalue weighted by Gasteiger charge is -2.33. The zero-order chi connectivity index (χ0) is 26.1. The standard InChI is InChI=1S/C26H26N4O7/c1-2-26(36)18-10-20-22-14(11-30(20)23(32)17(18)13-37-24(26)33)9-15-16(21(31)4-3-19(15)27-22)12-28-5-7-29(8-6-28)25(34)35/h3-4,9-10,31,36H,2,5-8,11-13H2,1H3,(H,34,35). The Kier molecular flexibility index (Phi) is 5.25. The maximum atomic E-state index is 13.4. The molecule has 3 aliphatic rings. The number of hydrogen-bond acceptors (Lipinski definition) is 8. The third-order valence-electron chi connectivity index (χ3n) is 7.80. The van der Waals surface area contributed by atoms with Crippen LogP contribution < -0.4 is 5.56 Å². The van der Waals surface area contributed by atoms with Crippen molar-refractivity contribution in [1.29, 1.82) is 0 Å². The quantitative estimate of drug-likeness (QED) is 0.353. The van der Waals surface area contributed by atoms with Crippen molar-refractivity contribution in [3.8, 4) is 17.1 Å². The van der Waals surface area contributed by atoms with Crippen LogP contribution in [-0.4, -0.2) is 72.9 Å². The Bertz CT molecular complexity index is 1540. The smallest absolute Gasteiger partial charge is 0.407 e. The van der Waals surface area contributed by atoms with Crippen LogP contribution in [0.15, 0.2) is 29.1 Å². The molecule has 5 heterocycles. The number of ether oxygens (including phenoxy) is 1. The molecule has 1 amide bonds. The number of fused-ring (bicyclic) bond motifs is 5. The van der Waals surface area contributed by atoms with Gasteiger partial charge >= 0.3 is 12.1 Å². The van der Waals surface area contributed by atoms with Crippen molar-refractivity contribution >= 4 is 23.0 Å². The monoisotopic (exact) mass is 506 g/mol. The number of piperazine rings is 1. The van der Waals surface area contributed by atoms with Crippen LogP contribution in [0.1, 0.15) is 35.6 Å². The minimum Gasteiger partial charge on any atom is -0.508 e. The molecule has 0 spiro atoms. The second kappa shape index (κ2) is 8.29. The van der Waals surface area contributed by atoms with E-state index in [-0.39, 0.29) is 42.0 Å². The number of pyridine rings is 2. The molecule has 1 unspecified atom stereocenters. The molecule has 1 saturated heterocycles. The van der Waals surface area contributed by atoms with E-state index in [9.17, 15) is 29.7 Å². The van der Waals surface area contributed by atoms with E-state index < -0.39 is 17.7 Å². The molecule has 1 fully saturated rings. The number of esters is 1. The zero-order valence-corrected chi connectivity index (χ0v) is 20.2. The van der Waals surface area contributed by atoms with E-state index in [1.54, 1.807) is 29.7 Å². The topological polar surface area (TPSA) is 145 Å². The molecule has 3 aromatic rings. The summed E-state index contributed by atoms with van der Waals surface area (Å²) in [5.41, 5.74) is 1.57. The third kappa shape index (κ3) is 3.49. The number of amides is 1. The van der Waals surface area contributed by atoms with Gasteiger partial charge < -0.3 is 29.5 Å². The molecule has 37 heavy (non-hydrogen) atoms. The van der Waals surface area contributed by atoms with Crippen LogP contribution in [0.2, 0.25) is 0 Å². The largest absolute Gasteiger partial charge is 0.508 e. The number of hydrogen-bond donors (Lipinski definition) is 3. The summed E-state index contributed by atoms with van der Waals surface area (Å²) in [5.74, 6) is -0.637. The molecule has 11 heteroatoms. The van der Waals surface area contributed by atoms with Crippen LogP contribution >= 0.6 is 0 Å². The average molecular weight is 507 g/mol. The fourth-order valence-corrected chi connectivity index (χ4v) is 5.59. The summed E-state index contributed by atoms with van der Waals surface area (Å²) in [6, 6.07) is 6.91. The molecule has 192 valence electrons. The van der Waals surface area contributed by atoms with Crippen LogP contribution in [0.5, 0.6) is 5.75 Å². The highest BCUT2D eigenvalue weighted by molar-refractivity contribution is 5.89. The molecule has 0 radical (unpaired) electrons. The number of nitrogens with zero attached hydrogens (tertiary/aromatic N) is 4. The van der Waals surface area contributed by atoms with Crippen molar-refractivity contribution in [2.24, 2.45) is 0 Å². The number of carbonyl (C=O) groups is 2. The molecule has 0 aliphatic carbocycles. The van der Waals surface area contributed by atoms with Gasteiger partial charge in [-0.25, -0.2) is 14.6 Å². The van der Waals surface area contributed by atoms with Crippen molar-refractivity contribution in [3.63, 3.8) is 0 Å². The van der Waals surface area contributed by atoms with Gasteiger partial charge in [-0.1, -0.05) is 6.92 Å². The molecule has 11 nitrogen and oxygen atoms in total. The normalized spacial score (nSPS) is 20.9. The lowest BCUT2D eigenvalue weighted by atomic mass is 9.86. The lowest BCUT2D eigenvalue weighted by Crippen LogP contribution is -2.47. The molecule has 2 aromatic heterocycles. The number of carbonyl (C=O) groups excluding carboxylic acids is 1. The van der Waals surface area contributed by atoms with Crippen molar-refractivity contribution in [2.75, 3.05) is 26.2 Å². The summed E-state index contributed by atoms with van der Waals surface area (Å²) < 4.78 is 6.71. The van der Waals surface area contributed by atoms with E-state index in [4.69, 9.17) is 9.72 Å². The number of benzene rings is 1. The minimum atomic E-state index is -1.88. The Labute approximate surface area is 211 Å². The predicted octanol–water partition coefficient (Wildman–Crippen LogP) is 1.58. The highest BCUT2D eigenvalue weighted by atomic mass is 16.6. The average Bonchev–Trinajstić information content (AvgIpc) is 3.25. The molecule has 3 N–H and O–H groups in total. The first kappa shape index (κ1) is 23.4. The minimum absolute atomic E-state index is 0.0725. The SMILES string of the molecule is CCC1(O)C(=O)OCc2c1cc1n(c2=O)Cc2cc3c(CN4CCN(C(=O)O)CC4)c(O)ccc3nc2-1. The first-order valence-corrected chi connectivity index (χ1v) is 12.2. The van der Waals surface area contributed by atoms with Crippen molar-refractivity contribution in [3.05, 3.63) is 56.9 Å². The predicted molar refractivity (Wildman–Crippen MR) is 131 cm³/mol. The Hall–Kier alpha value is -3.96. The van der Waals surface area contributed by atoms with Gasteiger partial charge in [0.05, 0.1) is 29.0 Å².